The second kappa shape index (κ2) is 29.2. The Morgan fingerprint density at radius 2 is 0.724 bits per heavy atom. The van der Waals surface area contributed by atoms with Crippen molar-refractivity contribution < 1.29 is 260 Å². The number of rotatable bonds is 15. The molecule has 0 bridgehead atoms. The van der Waals surface area contributed by atoms with Crippen LogP contribution in [0, 0.1) is 4.91 Å². The van der Waals surface area contributed by atoms with E-state index < -0.39 is 113 Å². The Balaban J connectivity index is 0.00000270. The van der Waals surface area contributed by atoms with Crippen LogP contribution in [0.4, 0.5) is 11.4 Å². The average Bonchev–Trinajstić information content (AvgIpc) is 1.85. The van der Waals surface area contributed by atoms with E-state index in [9.17, 15) is 82.7 Å². The third kappa shape index (κ3) is 16.8. The van der Waals surface area contributed by atoms with Gasteiger partial charge in [-0.25, -0.2) is 42.1 Å². The molecule has 0 amide bonds. The van der Waals surface area contributed by atoms with Crippen LogP contribution in [0.2, 0.25) is 0 Å². The molecule has 0 saturated carbocycles. The summed E-state index contributed by atoms with van der Waals surface area (Å²) in [6, 6.07) is 25.4. The zero-order valence-corrected chi connectivity index (χ0v) is 62.7. The number of nitroso groups, excluding NO2 is 1. The normalized spacial score (nSPS) is 12.2. The van der Waals surface area contributed by atoms with Gasteiger partial charge in [-0.05, 0) is 64.7 Å². The van der Waals surface area contributed by atoms with Gasteiger partial charge in [-0.15, -0.1) is 20.4 Å². The van der Waals surface area contributed by atoms with Gasteiger partial charge >= 0.3 is 177 Å². The number of benzene rings is 8. The van der Waals surface area contributed by atoms with Crippen LogP contribution < -0.4 is 177 Å². The van der Waals surface area contributed by atoms with Crippen LogP contribution in [0.5, 0.6) is 0 Å². The fourth-order valence-corrected chi connectivity index (χ4v) is 12.7. The van der Waals surface area contributed by atoms with Crippen molar-refractivity contribution in [3.8, 4) is 11.4 Å². The molecule has 2 aromatic heterocycles. The third-order valence-electron chi connectivity index (χ3n) is 12.1. The van der Waals surface area contributed by atoms with E-state index in [0.29, 0.717) is 12.1 Å². The maximum absolute atomic E-state index is 13.4. The van der Waals surface area contributed by atoms with Crippen LogP contribution in [-0.2, 0) is 60.7 Å². The van der Waals surface area contributed by atoms with Crippen molar-refractivity contribution in [1.82, 2.24) is 30.0 Å². The van der Waals surface area contributed by atoms with Crippen LogP contribution in [0.3, 0.4) is 0 Å². The maximum atomic E-state index is 13.4. The standard InChI is InChI=1S/C48H32N8O19S6.6Na/c57-56(34-20-16-30(44(24-34)79(67,68)69)12-11-29-15-19-33(23-43(29)78(64,65)66)55-51-40-26-46(81(73,74)75)36-6-2-4-8-38(36)48(40)53-55)49-31-17-13-27(41(21-31)76(58,59)60)9-10-28-14-18-32(22-42(28)77(61,62)63)54-50-39-25-45(80(70,71)72)35-5-1-3-7-37(35)47(39)52-54;;;;;;/h1-26H,(H,58,59,60)(H,61,62,63)(H,64,65,66)(H,67,68,69)(H,70,71,72)(H,73,74,75);;;;;;/q;6*+1/p-5/b10-9?,12-11+,56-49?;;;;;;. The minimum atomic E-state index is -5.48. The third-order valence-corrected chi connectivity index (χ3v) is 17.4. The second-order valence-corrected chi connectivity index (χ2v) is 25.4. The molecule has 39 heteroatoms. The Bertz CT molecular complexity index is 5210. The predicted octanol–water partition coefficient (Wildman–Crippen LogP) is -12.4. The Hall–Kier alpha value is -2.58. The van der Waals surface area contributed by atoms with Crippen LogP contribution >= 0.6 is 0 Å². The van der Waals surface area contributed by atoms with Gasteiger partial charge < -0.3 is 28.2 Å². The van der Waals surface area contributed by atoms with Crippen LogP contribution in [0.15, 0.2) is 163 Å². The first-order valence-corrected chi connectivity index (χ1v) is 30.8. The van der Waals surface area contributed by atoms with Gasteiger partial charge in [0.25, 0.3) is 15.8 Å². The molecule has 1 N–H and O–H groups in total. The van der Waals surface area contributed by atoms with Gasteiger partial charge in [0, 0.05) is 43.5 Å². The predicted molar refractivity (Wildman–Crippen MR) is 279 cm³/mol. The monoisotopic (exact) mass is 1350 g/mol. The summed E-state index contributed by atoms with van der Waals surface area (Å²) in [6.45, 7) is 0. The molecule has 2 heterocycles. The summed E-state index contributed by atoms with van der Waals surface area (Å²) in [6.07, 6.45) is 3.80. The van der Waals surface area contributed by atoms with Crippen molar-refractivity contribution in [2.75, 3.05) is 0 Å². The Labute approximate surface area is 627 Å². The summed E-state index contributed by atoms with van der Waals surface area (Å²) in [4.78, 5) is 9.94. The van der Waals surface area contributed by atoms with Crippen LogP contribution in [-0.4, -0.2) is 113 Å². The molecule has 0 unspecified atom stereocenters. The molecule has 0 aliphatic carbocycles. The van der Waals surface area contributed by atoms with E-state index in [-0.39, 0.29) is 248 Å². The zero-order chi connectivity index (χ0) is 58.4. The van der Waals surface area contributed by atoms with Crippen molar-refractivity contribution in [3.05, 3.63) is 166 Å². The molecule has 0 fully saturated rings. The molecule has 0 atom stereocenters. The molecule has 27 nitrogen and oxygen atoms in total. The quantitative estimate of drug-likeness (QED) is 0.0327. The van der Waals surface area contributed by atoms with Gasteiger partial charge in [0.1, 0.15) is 77.6 Å². The first kappa shape index (κ1) is 76.9. The largest absolute Gasteiger partial charge is 1.00 e. The van der Waals surface area contributed by atoms with E-state index in [4.69, 9.17) is 0 Å². The number of hydrogen-bond donors (Lipinski definition) is 1. The summed E-state index contributed by atoms with van der Waals surface area (Å²) < 4.78 is 221. The Kier molecular flexibility index (Phi) is 25.8. The van der Waals surface area contributed by atoms with E-state index in [1.54, 1.807) is 12.1 Å². The van der Waals surface area contributed by atoms with E-state index in [2.05, 4.69) is 25.8 Å². The molecule has 0 aliphatic heterocycles. The van der Waals surface area contributed by atoms with Crippen molar-refractivity contribution >= 4 is 140 Å². The number of aromatic nitrogens is 6. The maximum Gasteiger partial charge on any atom is 1.00 e. The molecule has 0 saturated heterocycles. The fraction of sp³-hybridized carbons (Fsp3) is 0. The molecule has 0 radical (unpaired) electrons. The number of hydrogen-bond acceptors (Lipinski definition) is 22. The van der Waals surface area contributed by atoms with Gasteiger partial charge in [-0.1, -0.05) is 109 Å². The SMILES string of the molecule is O=[N+]([N-]c1ccc(C=Cc2ccc(-n3nc4cc(S(=O)(=O)[O-])c5ccccc5c4n3)cc2S(=O)(=O)[O-])c(S(=O)(=O)[O-])c1)c1ccc(/C=C/c2ccc(-n3nc4cc(S(=O)(=O)O)c5ccccc5c4n3)cc2S(=O)(=O)[O-])c(S(=O)(=O)[O-])c1.[Na+].[Na+].[Na+].[Na+].[Na+].[Na+]. The second-order valence-electron chi connectivity index (χ2n) is 17.2. The summed E-state index contributed by atoms with van der Waals surface area (Å²) in [7, 11) is -31.4. The van der Waals surface area contributed by atoms with E-state index in [0.717, 1.165) is 94.6 Å². The van der Waals surface area contributed by atoms with Gasteiger partial charge in [0.2, 0.25) is 0 Å². The van der Waals surface area contributed by atoms with Crippen molar-refractivity contribution in [1.29, 1.82) is 0 Å². The minimum Gasteiger partial charge on any atom is -0.744 e. The molecular formula is C48H27N8Na6O19S6+. The molecule has 0 spiro atoms. The first-order chi connectivity index (χ1) is 37.8. The Morgan fingerprint density at radius 3 is 1.11 bits per heavy atom. The summed E-state index contributed by atoms with van der Waals surface area (Å²) in [5.74, 6) is 0. The minimum absolute atomic E-state index is 0. The van der Waals surface area contributed by atoms with Crippen molar-refractivity contribution in [2.45, 2.75) is 29.4 Å². The smallest absolute Gasteiger partial charge is 0.744 e. The molecular weight excluding hydrogens is 1320 g/mol. The van der Waals surface area contributed by atoms with Gasteiger partial charge in [-0.3, -0.25) is 4.55 Å². The van der Waals surface area contributed by atoms with Crippen molar-refractivity contribution in [2.24, 2.45) is 0 Å². The number of nitrogens with zero attached hydrogens (tertiary/aromatic N) is 8. The molecule has 87 heavy (non-hydrogen) atoms. The first-order valence-electron chi connectivity index (χ1n) is 22.3. The summed E-state index contributed by atoms with van der Waals surface area (Å²) in [5, 5.41) is 17.6. The Morgan fingerprint density at radius 1 is 0.391 bits per heavy atom. The van der Waals surface area contributed by atoms with Crippen LogP contribution in [0.25, 0.3) is 84.7 Å². The zero-order valence-electron chi connectivity index (χ0n) is 45.8. The van der Waals surface area contributed by atoms with Crippen molar-refractivity contribution in [3.63, 3.8) is 0 Å². The molecule has 10 rings (SSSR count). The average molecular weight is 1350 g/mol. The van der Waals surface area contributed by atoms with E-state index in [1.807, 2.05) is 0 Å². The molecule has 0 aliphatic rings. The molecule has 10 aromatic rings. The fourth-order valence-electron chi connectivity index (χ4n) is 8.54. The topological polar surface area (TPSA) is 436 Å². The van der Waals surface area contributed by atoms with Gasteiger partial charge in [0.15, 0.2) is 0 Å². The van der Waals surface area contributed by atoms with E-state index in [1.165, 1.54) is 48.5 Å². The van der Waals surface area contributed by atoms with Crippen LogP contribution in [0.1, 0.15) is 22.3 Å². The van der Waals surface area contributed by atoms with Gasteiger partial charge in [0.05, 0.1) is 35.9 Å². The van der Waals surface area contributed by atoms with E-state index >= 15 is 0 Å². The summed E-state index contributed by atoms with van der Waals surface area (Å²) in [5.41, 5.74) is 0.817. The van der Waals surface area contributed by atoms with Gasteiger partial charge in [-0.2, -0.15) is 18.0 Å². The number of fused-ring (bicyclic) bond motifs is 6. The molecule has 414 valence electrons. The summed E-state index contributed by atoms with van der Waals surface area (Å²) >= 11 is 0. The molecule has 8 aromatic carbocycles.